The van der Waals surface area contributed by atoms with E-state index in [4.69, 9.17) is 5.26 Å². The number of carbonyl (C=O) groups excluding carboxylic acids is 1. The quantitative estimate of drug-likeness (QED) is 0.625. The van der Waals surface area contributed by atoms with E-state index < -0.39 is 5.91 Å². The van der Waals surface area contributed by atoms with Crippen LogP contribution in [0.25, 0.3) is 6.08 Å². The Hall–Kier alpha value is -2.57. The van der Waals surface area contributed by atoms with Gasteiger partial charge in [-0.15, -0.1) is 0 Å². The van der Waals surface area contributed by atoms with Gasteiger partial charge in [0.25, 0.3) is 5.91 Å². The first kappa shape index (κ1) is 15.8. The predicted molar refractivity (Wildman–Crippen MR) is 80.2 cm³/mol. The molecule has 1 saturated carbocycles. The molecule has 1 heterocycles. The molecule has 6 heteroatoms. The molecule has 1 fully saturated rings. The van der Waals surface area contributed by atoms with Gasteiger partial charge in [0.2, 0.25) is 0 Å². The number of rotatable bonds is 5. The second-order valence-electron chi connectivity index (χ2n) is 5.75. The molecule has 0 spiro atoms. The zero-order valence-corrected chi connectivity index (χ0v) is 12.7. The normalized spacial score (nSPS) is 15.8. The van der Waals surface area contributed by atoms with Gasteiger partial charge in [-0.3, -0.25) is 4.79 Å². The van der Waals surface area contributed by atoms with Gasteiger partial charge in [0.1, 0.15) is 23.4 Å². The summed E-state index contributed by atoms with van der Waals surface area (Å²) in [6, 6.07) is 5.60. The van der Waals surface area contributed by atoms with Crippen molar-refractivity contribution in [2.45, 2.75) is 19.8 Å². The van der Waals surface area contributed by atoms with Gasteiger partial charge in [-0.1, -0.05) is 0 Å². The van der Waals surface area contributed by atoms with E-state index in [-0.39, 0.29) is 17.6 Å². The Bertz CT molecular complexity index is 712. The maximum atomic E-state index is 12.1. The smallest absolute Gasteiger partial charge is 0.261 e. The first-order chi connectivity index (χ1) is 10.5. The van der Waals surface area contributed by atoms with Crippen LogP contribution in [0.3, 0.4) is 0 Å². The van der Waals surface area contributed by atoms with Crippen molar-refractivity contribution in [2.75, 3.05) is 13.2 Å². The highest BCUT2D eigenvalue weighted by Gasteiger charge is 2.42. The van der Waals surface area contributed by atoms with Crippen LogP contribution in [0.5, 0.6) is 0 Å². The SMILES string of the molecule is Cc1c(/C=C(/C#N)C(=O)NCC2(CO)CC2)cc(C#N)n1C. The van der Waals surface area contributed by atoms with Crippen molar-refractivity contribution in [1.29, 1.82) is 10.5 Å². The van der Waals surface area contributed by atoms with Crippen LogP contribution >= 0.6 is 0 Å². The first-order valence-electron chi connectivity index (χ1n) is 7.03. The number of hydrogen-bond acceptors (Lipinski definition) is 4. The van der Waals surface area contributed by atoms with Crippen LogP contribution in [-0.2, 0) is 11.8 Å². The van der Waals surface area contributed by atoms with Crippen LogP contribution in [0.15, 0.2) is 11.6 Å². The average molecular weight is 298 g/mol. The van der Waals surface area contributed by atoms with Crippen molar-refractivity contribution in [3.63, 3.8) is 0 Å². The Morgan fingerprint density at radius 3 is 2.68 bits per heavy atom. The van der Waals surface area contributed by atoms with E-state index in [0.717, 1.165) is 18.5 Å². The van der Waals surface area contributed by atoms with Gasteiger partial charge in [0, 0.05) is 24.7 Å². The van der Waals surface area contributed by atoms with E-state index in [9.17, 15) is 15.2 Å². The van der Waals surface area contributed by atoms with E-state index >= 15 is 0 Å². The van der Waals surface area contributed by atoms with Gasteiger partial charge >= 0.3 is 0 Å². The lowest BCUT2D eigenvalue weighted by Gasteiger charge is -2.12. The zero-order valence-electron chi connectivity index (χ0n) is 12.7. The minimum absolute atomic E-state index is 0.00747. The number of aliphatic hydroxyl groups excluding tert-OH is 1. The summed E-state index contributed by atoms with van der Waals surface area (Å²) in [6.45, 7) is 2.24. The van der Waals surface area contributed by atoms with E-state index in [1.54, 1.807) is 17.7 Å². The third kappa shape index (κ3) is 3.03. The van der Waals surface area contributed by atoms with Crippen molar-refractivity contribution < 1.29 is 9.90 Å². The number of carbonyl (C=O) groups is 1. The fourth-order valence-corrected chi connectivity index (χ4v) is 2.21. The minimum Gasteiger partial charge on any atom is -0.396 e. The second-order valence-corrected chi connectivity index (χ2v) is 5.75. The Labute approximate surface area is 129 Å². The number of aromatic nitrogens is 1. The predicted octanol–water partition coefficient (Wildman–Crippen LogP) is 1.00. The summed E-state index contributed by atoms with van der Waals surface area (Å²) >= 11 is 0. The number of nitrogens with zero attached hydrogens (tertiary/aromatic N) is 3. The molecule has 6 nitrogen and oxygen atoms in total. The van der Waals surface area contributed by atoms with Crippen molar-refractivity contribution in [1.82, 2.24) is 9.88 Å². The molecule has 0 aliphatic heterocycles. The largest absolute Gasteiger partial charge is 0.396 e. The Balaban J connectivity index is 2.16. The molecule has 1 amide bonds. The van der Waals surface area contributed by atoms with Gasteiger partial charge in [-0.25, -0.2) is 0 Å². The molecular weight excluding hydrogens is 280 g/mol. The zero-order chi connectivity index (χ0) is 16.3. The summed E-state index contributed by atoms with van der Waals surface area (Å²) in [5.41, 5.74) is 1.75. The Kier molecular flexibility index (Phi) is 4.35. The van der Waals surface area contributed by atoms with E-state index in [2.05, 4.69) is 11.4 Å². The first-order valence-corrected chi connectivity index (χ1v) is 7.03. The van der Waals surface area contributed by atoms with Crippen LogP contribution < -0.4 is 5.32 Å². The number of aliphatic hydroxyl groups is 1. The molecule has 22 heavy (non-hydrogen) atoms. The van der Waals surface area contributed by atoms with Crippen molar-refractivity contribution in [3.05, 3.63) is 28.6 Å². The van der Waals surface area contributed by atoms with Crippen LogP contribution in [0, 0.1) is 35.0 Å². The lowest BCUT2D eigenvalue weighted by atomic mass is 10.1. The Morgan fingerprint density at radius 2 is 2.23 bits per heavy atom. The molecule has 0 radical (unpaired) electrons. The summed E-state index contributed by atoms with van der Waals surface area (Å²) in [7, 11) is 1.76. The lowest BCUT2D eigenvalue weighted by molar-refractivity contribution is -0.117. The maximum Gasteiger partial charge on any atom is 0.261 e. The molecule has 0 aromatic carbocycles. The highest BCUT2D eigenvalue weighted by Crippen LogP contribution is 2.44. The highest BCUT2D eigenvalue weighted by atomic mass is 16.3. The molecule has 1 aliphatic rings. The summed E-state index contributed by atoms with van der Waals surface area (Å²) in [6.07, 6.45) is 3.27. The molecule has 114 valence electrons. The van der Waals surface area contributed by atoms with Gasteiger partial charge in [0.15, 0.2) is 0 Å². The molecule has 2 N–H and O–H groups in total. The maximum absolute atomic E-state index is 12.1. The average Bonchev–Trinajstić information content (AvgIpc) is 3.27. The topological polar surface area (TPSA) is 102 Å². The van der Waals surface area contributed by atoms with Crippen LogP contribution in [-0.4, -0.2) is 28.7 Å². The van der Waals surface area contributed by atoms with E-state index in [1.807, 2.05) is 13.0 Å². The van der Waals surface area contributed by atoms with Crippen molar-refractivity contribution in [3.8, 4) is 12.1 Å². The molecule has 1 aromatic heterocycles. The molecule has 0 atom stereocenters. The molecule has 1 aromatic rings. The molecule has 2 rings (SSSR count). The summed E-state index contributed by atoms with van der Waals surface area (Å²) in [5.74, 6) is -0.455. The second kappa shape index (κ2) is 6.05. The van der Waals surface area contributed by atoms with E-state index in [0.29, 0.717) is 17.8 Å². The third-order valence-corrected chi connectivity index (χ3v) is 4.27. The number of nitrogens with one attached hydrogen (secondary N) is 1. The standard InChI is InChI=1S/C16H18N4O2/c1-11-12(6-14(8-18)20(11)2)5-13(7-17)15(22)19-9-16(10-21)3-4-16/h5-6,21H,3-4,9-10H2,1-2H3,(H,19,22)/b13-5-. The van der Waals surface area contributed by atoms with Gasteiger partial charge in [-0.2, -0.15) is 10.5 Å². The van der Waals surface area contributed by atoms with Crippen LogP contribution in [0.2, 0.25) is 0 Å². The van der Waals surface area contributed by atoms with Crippen molar-refractivity contribution >= 4 is 12.0 Å². The third-order valence-electron chi connectivity index (χ3n) is 4.27. The number of nitriles is 2. The fraction of sp³-hybridized carbons (Fsp3) is 0.438. The van der Waals surface area contributed by atoms with Gasteiger partial charge in [-0.05, 0) is 37.5 Å². The monoisotopic (exact) mass is 298 g/mol. The molecular formula is C16H18N4O2. The molecule has 1 aliphatic carbocycles. The summed E-state index contributed by atoms with van der Waals surface area (Å²) in [4.78, 5) is 12.1. The molecule has 0 saturated heterocycles. The van der Waals surface area contributed by atoms with Crippen LogP contribution in [0.1, 0.15) is 29.8 Å². The number of amides is 1. The van der Waals surface area contributed by atoms with Crippen LogP contribution in [0.4, 0.5) is 0 Å². The van der Waals surface area contributed by atoms with E-state index in [1.165, 1.54) is 6.08 Å². The highest BCUT2D eigenvalue weighted by molar-refractivity contribution is 6.01. The Morgan fingerprint density at radius 1 is 1.55 bits per heavy atom. The lowest BCUT2D eigenvalue weighted by Crippen LogP contribution is -2.32. The van der Waals surface area contributed by atoms with Gasteiger partial charge in [0.05, 0.1) is 6.61 Å². The van der Waals surface area contributed by atoms with Gasteiger partial charge < -0.3 is 15.0 Å². The molecule has 0 bridgehead atoms. The minimum atomic E-state index is -0.455. The van der Waals surface area contributed by atoms with Crippen molar-refractivity contribution in [2.24, 2.45) is 12.5 Å². The summed E-state index contributed by atoms with van der Waals surface area (Å²) in [5, 5.41) is 30.1. The summed E-state index contributed by atoms with van der Waals surface area (Å²) < 4.78 is 1.71. The fourth-order valence-electron chi connectivity index (χ4n) is 2.21. The number of hydrogen-bond donors (Lipinski definition) is 2. The molecule has 0 unspecified atom stereocenters.